The van der Waals surface area contributed by atoms with Crippen LogP contribution >= 0.6 is 12.4 Å². The molecular formula is C15H24ClNO. The van der Waals surface area contributed by atoms with Gasteiger partial charge < -0.3 is 10.1 Å². The van der Waals surface area contributed by atoms with Gasteiger partial charge in [-0.25, -0.2) is 0 Å². The molecule has 2 rings (SSSR count). The summed E-state index contributed by atoms with van der Waals surface area (Å²) >= 11 is 0. The van der Waals surface area contributed by atoms with Crippen LogP contribution in [0.5, 0.6) is 0 Å². The molecule has 1 aromatic rings. The topological polar surface area (TPSA) is 21.3 Å². The molecule has 1 saturated heterocycles. The molecule has 1 atom stereocenters. The molecule has 1 aliphatic heterocycles. The van der Waals surface area contributed by atoms with Crippen LogP contribution in [0.4, 0.5) is 0 Å². The minimum Gasteiger partial charge on any atom is -0.372 e. The van der Waals surface area contributed by atoms with Crippen LogP contribution in [0.25, 0.3) is 0 Å². The van der Waals surface area contributed by atoms with Crippen LogP contribution in [-0.4, -0.2) is 19.2 Å². The minimum atomic E-state index is 0. The highest BCUT2D eigenvalue weighted by atomic mass is 35.5. The van der Waals surface area contributed by atoms with Crippen LogP contribution in [0.2, 0.25) is 0 Å². The van der Waals surface area contributed by atoms with Gasteiger partial charge in [-0.2, -0.15) is 0 Å². The first-order valence-corrected chi connectivity index (χ1v) is 6.47. The molecule has 1 fully saturated rings. The molecule has 0 saturated carbocycles. The SMILES string of the molecule is CC(C)(C)c1ccc(CO[C@@H]2CCNC2)cc1.Cl. The number of nitrogens with one attached hydrogen (secondary N) is 1. The fourth-order valence-electron chi connectivity index (χ4n) is 2.09. The van der Waals surface area contributed by atoms with E-state index in [0.717, 1.165) is 26.1 Å². The minimum absolute atomic E-state index is 0. The molecule has 0 spiro atoms. The summed E-state index contributed by atoms with van der Waals surface area (Å²) < 4.78 is 5.85. The van der Waals surface area contributed by atoms with E-state index in [4.69, 9.17) is 4.74 Å². The van der Waals surface area contributed by atoms with Gasteiger partial charge in [-0.05, 0) is 29.5 Å². The maximum absolute atomic E-state index is 5.85. The van der Waals surface area contributed by atoms with Crippen molar-refractivity contribution in [1.82, 2.24) is 5.32 Å². The zero-order valence-electron chi connectivity index (χ0n) is 11.5. The second kappa shape index (κ2) is 6.55. The number of ether oxygens (including phenoxy) is 1. The van der Waals surface area contributed by atoms with E-state index in [1.807, 2.05) is 0 Å². The largest absolute Gasteiger partial charge is 0.372 e. The average Bonchev–Trinajstić information content (AvgIpc) is 2.78. The van der Waals surface area contributed by atoms with Gasteiger partial charge in [-0.1, -0.05) is 45.0 Å². The maximum Gasteiger partial charge on any atom is 0.0721 e. The lowest BCUT2D eigenvalue weighted by atomic mass is 9.87. The van der Waals surface area contributed by atoms with E-state index in [9.17, 15) is 0 Å². The first-order chi connectivity index (χ1) is 8.05. The second-order valence-electron chi connectivity index (χ2n) is 5.87. The lowest BCUT2D eigenvalue weighted by Crippen LogP contribution is -2.16. The molecule has 0 unspecified atom stereocenters. The summed E-state index contributed by atoms with van der Waals surface area (Å²) in [6.07, 6.45) is 1.54. The smallest absolute Gasteiger partial charge is 0.0721 e. The predicted molar refractivity (Wildman–Crippen MR) is 78.5 cm³/mol. The Morgan fingerprint density at radius 1 is 1.22 bits per heavy atom. The van der Waals surface area contributed by atoms with E-state index in [1.54, 1.807) is 0 Å². The lowest BCUT2D eigenvalue weighted by Gasteiger charge is -2.19. The van der Waals surface area contributed by atoms with Crippen LogP contribution in [0.15, 0.2) is 24.3 Å². The third-order valence-electron chi connectivity index (χ3n) is 3.32. The van der Waals surface area contributed by atoms with Gasteiger partial charge in [0.2, 0.25) is 0 Å². The van der Waals surface area contributed by atoms with Gasteiger partial charge in [0.15, 0.2) is 0 Å². The lowest BCUT2D eigenvalue weighted by molar-refractivity contribution is 0.0542. The number of benzene rings is 1. The first kappa shape index (κ1) is 15.5. The van der Waals surface area contributed by atoms with Crippen LogP contribution in [0.3, 0.4) is 0 Å². The van der Waals surface area contributed by atoms with Gasteiger partial charge in [0, 0.05) is 6.54 Å². The zero-order chi connectivity index (χ0) is 12.3. The number of halogens is 1. The molecule has 0 aliphatic carbocycles. The number of hydrogen-bond acceptors (Lipinski definition) is 2. The molecule has 3 heteroatoms. The van der Waals surface area contributed by atoms with Crippen LogP contribution in [-0.2, 0) is 16.8 Å². The molecule has 1 heterocycles. The highest BCUT2D eigenvalue weighted by molar-refractivity contribution is 5.85. The van der Waals surface area contributed by atoms with Gasteiger partial charge in [0.1, 0.15) is 0 Å². The van der Waals surface area contributed by atoms with E-state index in [1.165, 1.54) is 11.1 Å². The third-order valence-corrected chi connectivity index (χ3v) is 3.32. The van der Waals surface area contributed by atoms with E-state index >= 15 is 0 Å². The van der Waals surface area contributed by atoms with Gasteiger partial charge >= 0.3 is 0 Å². The van der Waals surface area contributed by atoms with Gasteiger partial charge in [0.05, 0.1) is 12.7 Å². The monoisotopic (exact) mass is 269 g/mol. The van der Waals surface area contributed by atoms with E-state index in [0.29, 0.717) is 6.10 Å². The van der Waals surface area contributed by atoms with Crippen LogP contribution in [0.1, 0.15) is 38.3 Å². The molecule has 1 aromatic carbocycles. The standard InChI is InChI=1S/C15H23NO.ClH/c1-15(2,3)13-6-4-12(5-7-13)11-17-14-8-9-16-10-14;/h4-7,14,16H,8-11H2,1-3H3;1H/t14-;/m1./s1. The molecule has 0 radical (unpaired) electrons. The van der Waals surface area contributed by atoms with Crippen molar-refractivity contribution in [2.75, 3.05) is 13.1 Å². The van der Waals surface area contributed by atoms with E-state index < -0.39 is 0 Å². The summed E-state index contributed by atoms with van der Waals surface area (Å²) in [5, 5.41) is 3.31. The Balaban J connectivity index is 0.00000162. The van der Waals surface area contributed by atoms with Crippen molar-refractivity contribution in [3.05, 3.63) is 35.4 Å². The number of hydrogen-bond donors (Lipinski definition) is 1. The normalized spacial score (nSPS) is 19.6. The van der Waals surface area contributed by atoms with Crippen molar-refractivity contribution in [3.63, 3.8) is 0 Å². The van der Waals surface area contributed by atoms with Crippen molar-refractivity contribution in [2.45, 2.75) is 45.3 Å². The van der Waals surface area contributed by atoms with Gasteiger partial charge in [0.25, 0.3) is 0 Å². The van der Waals surface area contributed by atoms with Crippen molar-refractivity contribution in [2.24, 2.45) is 0 Å². The Morgan fingerprint density at radius 2 is 1.89 bits per heavy atom. The number of rotatable bonds is 3. The summed E-state index contributed by atoms with van der Waals surface area (Å²) in [7, 11) is 0. The fourth-order valence-corrected chi connectivity index (χ4v) is 2.09. The predicted octanol–water partition coefficient (Wildman–Crippen LogP) is 3.28. The Morgan fingerprint density at radius 3 is 2.39 bits per heavy atom. The van der Waals surface area contributed by atoms with Gasteiger partial charge in [-0.3, -0.25) is 0 Å². The zero-order valence-corrected chi connectivity index (χ0v) is 12.3. The van der Waals surface area contributed by atoms with Crippen molar-refractivity contribution in [1.29, 1.82) is 0 Å². The fraction of sp³-hybridized carbons (Fsp3) is 0.600. The highest BCUT2D eigenvalue weighted by Crippen LogP contribution is 2.22. The maximum atomic E-state index is 5.85. The Labute approximate surface area is 117 Å². The first-order valence-electron chi connectivity index (χ1n) is 6.47. The quantitative estimate of drug-likeness (QED) is 0.909. The van der Waals surface area contributed by atoms with Crippen LogP contribution in [0, 0.1) is 0 Å². The molecular weight excluding hydrogens is 246 g/mol. The van der Waals surface area contributed by atoms with Crippen molar-refractivity contribution >= 4 is 12.4 Å². The molecule has 1 aliphatic rings. The summed E-state index contributed by atoms with van der Waals surface area (Å²) in [5.74, 6) is 0. The van der Waals surface area contributed by atoms with Crippen LogP contribution < -0.4 is 5.32 Å². The molecule has 102 valence electrons. The molecule has 0 aromatic heterocycles. The Hall–Kier alpha value is -0.570. The van der Waals surface area contributed by atoms with E-state index in [-0.39, 0.29) is 17.8 Å². The average molecular weight is 270 g/mol. The summed E-state index contributed by atoms with van der Waals surface area (Å²) in [5.41, 5.74) is 2.88. The van der Waals surface area contributed by atoms with Crippen molar-refractivity contribution < 1.29 is 4.74 Å². The van der Waals surface area contributed by atoms with Gasteiger partial charge in [-0.15, -0.1) is 12.4 Å². The summed E-state index contributed by atoms with van der Waals surface area (Å²) in [6, 6.07) is 8.79. The molecule has 0 bridgehead atoms. The highest BCUT2D eigenvalue weighted by Gasteiger charge is 2.15. The molecule has 1 N–H and O–H groups in total. The molecule has 2 nitrogen and oxygen atoms in total. The Bertz CT molecular complexity index is 350. The molecule has 18 heavy (non-hydrogen) atoms. The summed E-state index contributed by atoms with van der Waals surface area (Å²) in [6.45, 7) is 9.54. The Kier molecular flexibility index (Phi) is 5.64. The summed E-state index contributed by atoms with van der Waals surface area (Å²) in [4.78, 5) is 0. The van der Waals surface area contributed by atoms with E-state index in [2.05, 4.69) is 50.4 Å². The van der Waals surface area contributed by atoms with Crippen molar-refractivity contribution in [3.8, 4) is 0 Å². The third kappa shape index (κ3) is 4.27. The molecule has 0 amide bonds. The second-order valence-corrected chi connectivity index (χ2v) is 5.87.